The summed E-state index contributed by atoms with van der Waals surface area (Å²) in [5, 5.41) is 9.89. The molecule has 1 saturated heterocycles. The molecule has 0 bridgehead atoms. The molecule has 1 heterocycles. The predicted octanol–water partition coefficient (Wildman–Crippen LogP) is 2.27. The molecule has 3 rings (SSSR count). The van der Waals surface area contributed by atoms with Gasteiger partial charge in [0.1, 0.15) is 11.4 Å². The van der Waals surface area contributed by atoms with Gasteiger partial charge in [-0.1, -0.05) is 30.3 Å². The molecule has 0 radical (unpaired) electrons. The van der Waals surface area contributed by atoms with Gasteiger partial charge in [0, 0.05) is 18.5 Å². The number of aliphatic hydroxyl groups excluding tert-OH is 1. The number of amides is 1. The van der Waals surface area contributed by atoms with E-state index in [2.05, 4.69) is 0 Å². The van der Waals surface area contributed by atoms with Gasteiger partial charge in [0.15, 0.2) is 0 Å². The first-order valence-electron chi connectivity index (χ1n) is 7.95. The zero-order valence-electron chi connectivity index (χ0n) is 13.3. The average molecular weight is 329 g/mol. The molecule has 0 spiro atoms. The van der Waals surface area contributed by atoms with Gasteiger partial charge in [0.05, 0.1) is 19.8 Å². The molecule has 2 aromatic rings. The van der Waals surface area contributed by atoms with Crippen LogP contribution < -0.4 is 0 Å². The molecule has 0 saturated carbocycles. The SMILES string of the molecule is O=C(c1ccccc1)N1CCO[C@](CO)(Cc2cccc(F)c2)C1. The van der Waals surface area contributed by atoms with Gasteiger partial charge in [-0.15, -0.1) is 0 Å². The van der Waals surface area contributed by atoms with Gasteiger partial charge >= 0.3 is 0 Å². The lowest BCUT2D eigenvalue weighted by Crippen LogP contribution is -2.56. The highest BCUT2D eigenvalue weighted by Gasteiger charge is 2.38. The third-order valence-electron chi connectivity index (χ3n) is 4.26. The maximum atomic E-state index is 13.4. The Balaban J connectivity index is 1.78. The van der Waals surface area contributed by atoms with E-state index in [1.54, 1.807) is 29.2 Å². The van der Waals surface area contributed by atoms with Crippen molar-refractivity contribution in [3.63, 3.8) is 0 Å². The second-order valence-corrected chi connectivity index (χ2v) is 6.09. The van der Waals surface area contributed by atoms with Gasteiger partial charge in [0.25, 0.3) is 5.91 Å². The Labute approximate surface area is 140 Å². The summed E-state index contributed by atoms with van der Waals surface area (Å²) >= 11 is 0. The van der Waals surface area contributed by atoms with Crippen LogP contribution in [0.3, 0.4) is 0 Å². The molecule has 1 aliphatic heterocycles. The van der Waals surface area contributed by atoms with E-state index >= 15 is 0 Å². The number of morpholine rings is 1. The number of hydrogen-bond acceptors (Lipinski definition) is 3. The number of benzene rings is 2. The van der Waals surface area contributed by atoms with Crippen LogP contribution in [0, 0.1) is 5.82 Å². The molecule has 24 heavy (non-hydrogen) atoms. The molecule has 0 aliphatic carbocycles. The van der Waals surface area contributed by atoms with Crippen LogP contribution in [0.4, 0.5) is 4.39 Å². The number of ether oxygens (including phenoxy) is 1. The molecule has 0 aromatic heterocycles. The summed E-state index contributed by atoms with van der Waals surface area (Å²) in [5.74, 6) is -0.412. The van der Waals surface area contributed by atoms with Crippen molar-refractivity contribution in [2.75, 3.05) is 26.3 Å². The van der Waals surface area contributed by atoms with Gasteiger partial charge in [-0.25, -0.2) is 4.39 Å². The largest absolute Gasteiger partial charge is 0.393 e. The van der Waals surface area contributed by atoms with Crippen LogP contribution in [0.25, 0.3) is 0 Å². The minimum Gasteiger partial charge on any atom is -0.393 e. The Bertz CT molecular complexity index is 707. The van der Waals surface area contributed by atoms with Crippen LogP contribution in [-0.2, 0) is 11.2 Å². The first-order valence-corrected chi connectivity index (χ1v) is 7.95. The average Bonchev–Trinajstić information content (AvgIpc) is 2.62. The monoisotopic (exact) mass is 329 g/mol. The molecular weight excluding hydrogens is 309 g/mol. The maximum Gasteiger partial charge on any atom is 0.254 e. The molecule has 0 unspecified atom stereocenters. The highest BCUT2D eigenvalue weighted by molar-refractivity contribution is 5.94. The molecule has 1 aliphatic rings. The molecule has 1 N–H and O–H groups in total. The summed E-state index contributed by atoms with van der Waals surface area (Å²) in [6.45, 7) is 0.850. The summed E-state index contributed by atoms with van der Waals surface area (Å²) < 4.78 is 19.2. The molecular formula is C19H20FNO3. The summed E-state index contributed by atoms with van der Waals surface area (Å²) in [7, 11) is 0. The van der Waals surface area contributed by atoms with E-state index in [4.69, 9.17) is 4.74 Å². The number of nitrogens with zero attached hydrogens (tertiary/aromatic N) is 1. The molecule has 1 amide bonds. The molecule has 4 nitrogen and oxygen atoms in total. The van der Waals surface area contributed by atoms with Gasteiger partial charge in [-0.3, -0.25) is 4.79 Å². The van der Waals surface area contributed by atoms with Crippen LogP contribution in [0.1, 0.15) is 15.9 Å². The van der Waals surface area contributed by atoms with Gasteiger partial charge < -0.3 is 14.7 Å². The Hall–Kier alpha value is -2.24. The van der Waals surface area contributed by atoms with E-state index in [9.17, 15) is 14.3 Å². The van der Waals surface area contributed by atoms with E-state index in [1.165, 1.54) is 12.1 Å². The number of halogens is 1. The minimum absolute atomic E-state index is 0.0871. The zero-order valence-corrected chi connectivity index (χ0v) is 13.3. The standard InChI is InChI=1S/C19H20FNO3/c20-17-8-4-5-15(11-17)12-19(14-22)13-21(9-10-24-19)18(23)16-6-2-1-3-7-16/h1-8,11,22H,9-10,12-14H2/t19-/m1/s1. The number of hydrogen-bond donors (Lipinski definition) is 1. The Kier molecular flexibility index (Phi) is 4.92. The molecule has 1 fully saturated rings. The fourth-order valence-corrected chi connectivity index (χ4v) is 3.06. The van der Waals surface area contributed by atoms with E-state index in [-0.39, 0.29) is 24.9 Å². The van der Waals surface area contributed by atoms with Crippen molar-refractivity contribution >= 4 is 5.91 Å². The predicted molar refractivity (Wildman–Crippen MR) is 88.2 cm³/mol. The number of carbonyl (C=O) groups excluding carboxylic acids is 1. The minimum atomic E-state index is -0.906. The van der Waals surface area contributed by atoms with Crippen molar-refractivity contribution in [1.29, 1.82) is 0 Å². The lowest BCUT2D eigenvalue weighted by molar-refractivity contribution is -0.123. The second-order valence-electron chi connectivity index (χ2n) is 6.09. The highest BCUT2D eigenvalue weighted by Crippen LogP contribution is 2.24. The van der Waals surface area contributed by atoms with Crippen LogP contribution >= 0.6 is 0 Å². The molecule has 2 aromatic carbocycles. The van der Waals surface area contributed by atoms with Crippen molar-refractivity contribution in [3.8, 4) is 0 Å². The molecule has 126 valence electrons. The quantitative estimate of drug-likeness (QED) is 0.936. The Morgan fingerprint density at radius 2 is 2.00 bits per heavy atom. The number of carbonyl (C=O) groups is 1. The van der Waals surface area contributed by atoms with E-state index in [1.807, 2.05) is 18.2 Å². The van der Waals surface area contributed by atoms with E-state index in [0.717, 1.165) is 5.56 Å². The third-order valence-corrected chi connectivity index (χ3v) is 4.26. The summed E-state index contributed by atoms with van der Waals surface area (Å²) in [6, 6.07) is 15.3. The van der Waals surface area contributed by atoms with Crippen molar-refractivity contribution in [1.82, 2.24) is 4.90 Å². The van der Waals surface area contributed by atoms with Crippen molar-refractivity contribution in [3.05, 3.63) is 71.5 Å². The second kappa shape index (κ2) is 7.11. The lowest BCUT2D eigenvalue weighted by Gasteiger charge is -2.42. The topological polar surface area (TPSA) is 49.8 Å². The van der Waals surface area contributed by atoms with Gasteiger partial charge in [0.2, 0.25) is 0 Å². The summed E-state index contributed by atoms with van der Waals surface area (Å²) in [4.78, 5) is 14.3. The smallest absolute Gasteiger partial charge is 0.254 e. The van der Waals surface area contributed by atoms with Gasteiger partial charge in [-0.2, -0.15) is 0 Å². The third kappa shape index (κ3) is 3.63. The number of aliphatic hydroxyl groups is 1. The van der Waals surface area contributed by atoms with Crippen molar-refractivity contribution < 1.29 is 19.0 Å². The van der Waals surface area contributed by atoms with Crippen molar-refractivity contribution in [2.24, 2.45) is 0 Å². The van der Waals surface area contributed by atoms with Crippen molar-refractivity contribution in [2.45, 2.75) is 12.0 Å². The Morgan fingerprint density at radius 1 is 1.21 bits per heavy atom. The molecule has 1 atom stereocenters. The molecule has 5 heteroatoms. The van der Waals surface area contributed by atoms with Crippen LogP contribution in [0.15, 0.2) is 54.6 Å². The van der Waals surface area contributed by atoms with Crippen LogP contribution in [0.5, 0.6) is 0 Å². The highest BCUT2D eigenvalue weighted by atomic mass is 19.1. The summed E-state index contributed by atoms with van der Waals surface area (Å²) in [5.41, 5.74) is 0.436. The fraction of sp³-hybridized carbons (Fsp3) is 0.316. The fourth-order valence-electron chi connectivity index (χ4n) is 3.06. The first kappa shape index (κ1) is 16.6. The number of rotatable bonds is 4. The maximum absolute atomic E-state index is 13.4. The first-order chi connectivity index (χ1) is 11.6. The van der Waals surface area contributed by atoms with Gasteiger partial charge in [-0.05, 0) is 29.8 Å². The van der Waals surface area contributed by atoms with E-state index < -0.39 is 5.60 Å². The zero-order chi connectivity index (χ0) is 17.0. The van der Waals surface area contributed by atoms with Crippen LogP contribution in [-0.4, -0.2) is 47.8 Å². The lowest BCUT2D eigenvalue weighted by atomic mass is 9.92. The normalized spacial score (nSPS) is 20.8. The van der Waals surface area contributed by atoms with E-state index in [0.29, 0.717) is 25.1 Å². The Morgan fingerprint density at radius 3 is 2.71 bits per heavy atom. The summed E-state index contributed by atoms with van der Waals surface area (Å²) in [6.07, 6.45) is 0.347. The van der Waals surface area contributed by atoms with Crippen LogP contribution in [0.2, 0.25) is 0 Å².